The molecule has 0 saturated carbocycles. The SMILES string of the molecule is CC12C=CC=C(CN3CC[C@@H](NCc4cncn4CC4=CCC(C#N)C(=C4)O1)C3=O)C2. The third-order valence-electron chi connectivity index (χ3n) is 6.52. The minimum atomic E-state index is -0.537. The number of carbonyl (C=O) groups is 1. The molecule has 0 spiro atoms. The van der Waals surface area contributed by atoms with Crippen LogP contribution in [0.25, 0.3) is 0 Å². The van der Waals surface area contributed by atoms with Crippen LogP contribution < -0.4 is 5.32 Å². The molecular weight excluding hydrogens is 390 g/mol. The van der Waals surface area contributed by atoms with Crippen LogP contribution in [0.1, 0.15) is 31.9 Å². The number of hydrogen-bond acceptors (Lipinski definition) is 5. The van der Waals surface area contributed by atoms with Crippen molar-refractivity contribution in [3.05, 3.63) is 65.5 Å². The van der Waals surface area contributed by atoms with Crippen molar-refractivity contribution in [3.8, 4) is 6.07 Å². The van der Waals surface area contributed by atoms with E-state index in [9.17, 15) is 10.1 Å². The Balaban J connectivity index is 1.49. The Morgan fingerprint density at radius 1 is 1.39 bits per heavy atom. The summed E-state index contributed by atoms with van der Waals surface area (Å²) in [5, 5.41) is 13.1. The van der Waals surface area contributed by atoms with Crippen molar-refractivity contribution in [3.63, 3.8) is 0 Å². The van der Waals surface area contributed by atoms with Crippen molar-refractivity contribution in [1.82, 2.24) is 19.8 Å². The summed E-state index contributed by atoms with van der Waals surface area (Å²) in [5.41, 5.74) is 2.78. The highest BCUT2D eigenvalue weighted by Gasteiger charge is 2.35. The third-order valence-corrected chi connectivity index (χ3v) is 6.52. The number of carbonyl (C=O) groups excluding carboxylic acids is 1. The normalized spacial score (nSPS) is 30.5. The van der Waals surface area contributed by atoms with Gasteiger partial charge in [-0.05, 0) is 43.1 Å². The van der Waals surface area contributed by atoms with Crippen molar-refractivity contribution in [2.45, 2.75) is 50.9 Å². The molecule has 7 nitrogen and oxygen atoms in total. The molecule has 1 aromatic rings. The molecular formula is C24H27N5O2. The number of hydrogen-bond donors (Lipinski definition) is 1. The second kappa shape index (κ2) is 7.86. The third kappa shape index (κ3) is 3.96. The molecule has 1 saturated heterocycles. The van der Waals surface area contributed by atoms with Gasteiger partial charge in [-0.15, -0.1) is 0 Å². The van der Waals surface area contributed by atoms with Gasteiger partial charge in [-0.25, -0.2) is 4.98 Å². The second-order valence-electron chi connectivity index (χ2n) is 9.01. The monoisotopic (exact) mass is 417 g/mol. The van der Waals surface area contributed by atoms with Gasteiger partial charge < -0.3 is 19.5 Å². The Labute approximate surface area is 182 Å². The van der Waals surface area contributed by atoms with Crippen molar-refractivity contribution in [2.75, 3.05) is 13.1 Å². The number of fused-ring (bicyclic) bond motifs is 6. The summed E-state index contributed by atoms with van der Waals surface area (Å²) in [6.07, 6.45) is 16.1. The summed E-state index contributed by atoms with van der Waals surface area (Å²) in [5.74, 6) is 0.590. The zero-order valence-corrected chi connectivity index (χ0v) is 17.8. The lowest BCUT2D eigenvalue weighted by molar-refractivity contribution is -0.129. The van der Waals surface area contributed by atoms with Gasteiger partial charge >= 0.3 is 0 Å². The van der Waals surface area contributed by atoms with Gasteiger partial charge in [0, 0.05) is 38.8 Å². The van der Waals surface area contributed by atoms with Crippen molar-refractivity contribution < 1.29 is 9.53 Å². The van der Waals surface area contributed by atoms with E-state index in [1.54, 1.807) is 0 Å². The van der Waals surface area contributed by atoms with Crippen LogP contribution in [-0.2, 0) is 22.6 Å². The number of allylic oxidation sites excluding steroid dienone is 6. The van der Waals surface area contributed by atoms with Gasteiger partial charge in [-0.3, -0.25) is 4.79 Å². The smallest absolute Gasteiger partial charge is 0.240 e. The van der Waals surface area contributed by atoms with Crippen LogP contribution in [-0.4, -0.2) is 45.1 Å². The van der Waals surface area contributed by atoms with Gasteiger partial charge in [0.05, 0.1) is 24.1 Å². The molecule has 1 amide bonds. The highest BCUT2D eigenvalue weighted by molar-refractivity contribution is 5.84. The lowest BCUT2D eigenvalue weighted by atomic mass is 9.89. The first-order valence-electron chi connectivity index (χ1n) is 10.9. The summed E-state index contributed by atoms with van der Waals surface area (Å²) in [7, 11) is 0. The van der Waals surface area contributed by atoms with Gasteiger partial charge in [-0.1, -0.05) is 18.2 Å². The molecule has 2 unspecified atom stereocenters. The van der Waals surface area contributed by atoms with Crippen LogP contribution in [0.2, 0.25) is 0 Å². The lowest BCUT2D eigenvalue weighted by Gasteiger charge is -2.35. The van der Waals surface area contributed by atoms with E-state index >= 15 is 0 Å². The van der Waals surface area contributed by atoms with Crippen LogP contribution in [0.4, 0.5) is 0 Å². The minimum absolute atomic E-state index is 0.156. The van der Waals surface area contributed by atoms with Crippen LogP contribution >= 0.6 is 0 Å². The van der Waals surface area contributed by atoms with E-state index in [0.29, 0.717) is 32.5 Å². The Morgan fingerprint density at radius 2 is 2.29 bits per heavy atom. The molecule has 3 atom stereocenters. The Hall–Kier alpha value is -3.11. The number of aromatic nitrogens is 2. The quantitative estimate of drug-likeness (QED) is 0.702. The number of nitrogens with one attached hydrogen (secondary N) is 1. The highest BCUT2D eigenvalue weighted by atomic mass is 16.5. The second-order valence-corrected chi connectivity index (χ2v) is 9.01. The van der Waals surface area contributed by atoms with Gasteiger partial charge in [0.25, 0.3) is 0 Å². The maximum atomic E-state index is 12.9. The van der Waals surface area contributed by atoms with Crippen LogP contribution in [0.5, 0.6) is 0 Å². The molecule has 4 aliphatic rings. The van der Waals surface area contributed by atoms with E-state index in [1.807, 2.05) is 29.6 Å². The van der Waals surface area contributed by atoms with Gasteiger partial charge in [0.1, 0.15) is 17.3 Å². The van der Waals surface area contributed by atoms with Crippen LogP contribution in [0, 0.1) is 17.2 Å². The molecule has 1 fully saturated rings. The molecule has 2 aliphatic heterocycles. The van der Waals surface area contributed by atoms with E-state index in [1.165, 1.54) is 5.57 Å². The van der Waals surface area contributed by atoms with Crippen molar-refractivity contribution in [2.24, 2.45) is 5.92 Å². The van der Waals surface area contributed by atoms with Gasteiger partial charge in [0.15, 0.2) is 0 Å². The molecule has 160 valence electrons. The summed E-state index contributed by atoms with van der Waals surface area (Å²) in [6.45, 7) is 4.67. The lowest BCUT2D eigenvalue weighted by Crippen LogP contribution is -2.40. The summed E-state index contributed by atoms with van der Waals surface area (Å²) >= 11 is 0. The van der Waals surface area contributed by atoms with E-state index in [-0.39, 0.29) is 17.9 Å². The molecule has 1 N–H and O–H groups in total. The molecule has 2 aliphatic carbocycles. The number of nitriles is 1. The van der Waals surface area contributed by atoms with Crippen LogP contribution in [0.15, 0.2) is 59.8 Å². The largest absolute Gasteiger partial charge is 0.486 e. The molecule has 0 radical (unpaired) electrons. The molecule has 1 aromatic heterocycles. The number of nitrogens with zero attached hydrogens (tertiary/aromatic N) is 4. The fourth-order valence-electron chi connectivity index (χ4n) is 4.85. The van der Waals surface area contributed by atoms with Crippen molar-refractivity contribution in [1.29, 1.82) is 5.26 Å². The molecule has 6 bridgehead atoms. The van der Waals surface area contributed by atoms with E-state index in [4.69, 9.17) is 4.74 Å². The highest BCUT2D eigenvalue weighted by Crippen LogP contribution is 2.35. The predicted molar refractivity (Wildman–Crippen MR) is 115 cm³/mol. The topological polar surface area (TPSA) is 83.2 Å². The van der Waals surface area contributed by atoms with E-state index < -0.39 is 5.60 Å². The first-order valence-corrected chi connectivity index (χ1v) is 10.9. The zero-order chi connectivity index (χ0) is 21.4. The summed E-state index contributed by atoms with van der Waals surface area (Å²) in [6, 6.07) is 2.23. The number of rotatable bonds is 0. The molecule has 5 rings (SSSR count). The number of amides is 1. The number of imidazole rings is 1. The average molecular weight is 418 g/mol. The van der Waals surface area contributed by atoms with E-state index in [0.717, 1.165) is 30.0 Å². The van der Waals surface area contributed by atoms with Crippen LogP contribution in [0.3, 0.4) is 0 Å². The maximum Gasteiger partial charge on any atom is 0.240 e. The summed E-state index contributed by atoms with van der Waals surface area (Å²) in [4.78, 5) is 19.2. The Morgan fingerprint density at radius 3 is 3.16 bits per heavy atom. The average Bonchev–Trinajstić information content (AvgIpc) is 3.32. The Kier molecular flexibility index (Phi) is 5.03. The predicted octanol–water partition coefficient (Wildman–Crippen LogP) is 2.60. The summed E-state index contributed by atoms with van der Waals surface area (Å²) < 4.78 is 8.58. The van der Waals surface area contributed by atoms with E-state index in [2.05, 4.69) is 46.1 Å². The van der Waals surface area contributed by atoms with Gasteiger partial charge in [-0.2, -0.15) is 5.26 Å². The fraction of sp³-hybridized carbons (Fsp3) is 0.458. The Bertz CT molecular complexity index is 1060. The fourth-order valence-corrected chi connectivity index (χ4v) is 4.85. The first-order chi connectivity index (χ1) is 15.0. The zero-order valence-electron chi connectivity index (χ0n) is 17.8. The molecule has 7 heteroatoms. The minimum Gasteiger partial charge on any atom is -0.486 e. The standard InChI is InChI=1S/C24H27N5O2/c1-24-7-2-3-18(10-24)15-28-8-6-21(23(28)30)27-13-20-12-26-16-29(20)14-17-4-5-19(11-25)22(9-17)31-24/h2-4,7,9,12,16,19,21,27H,5-6,8,10,13-15H2,1H3/t19?,21-,24?/m1/s1. The molecule has 3 heterocycles. The molecule has 31 heavy (non-hydrogen) atoms. The van der Waals surface area contributed by atoms with Gasteiger partial charge in [0.2, 0.25) is 5.91 Å². The molecule has 0 aromatic carbocycles. The maximum absolute atomic E-state index is 12.9. The first kappa shape index (κ1) is 19.8. The van der Waals surface area contributed by atoms with Crippen molar-refractivity contribution >= 4 is 5.91 Å². The number of ether oxygens (including phenoxy) is 1.